The fraction of sp³-hybridized carbons (Fsp3) is 0.647. The highest BCUT2D eigenvalue weighted by Gasteiger charge is 2.31. The van der Waals surface area contributed by atoms with E-state index in [1.54, 1.807) is 0 Å². The summed E-state index contributed by atoms with van der Waals surface area (Å²) in [4.78, 5) is 2.57. The molecule has 3 heteroatoms. The smallest absolute Gasteiger partial charge is 0.0470 e. The van der Waals surface area contributed by atoms with Gasteiger partial charge in [0.15, 0.2) is 0 Å². The topological polar surface area (TPSA) is 29.3 Å². The molecule has 1 aliphatic heterocycles. The molecule has 2 rings (SSSR count). The molecular formula is C17H27BrN2. The zero-order chi connectivity index (χ0) is 14.8. The lowest BCUT2D eigenvalue weighted by atomic mass is 9.78. The quantitative estimate of drug-likeness (QED) is 0.888. The molecule has 0 aromatic heterocycles. The standard InChI is InChI=1S/C17H27BrN2/c1-4-17(3)7-9-20(10-8-17)16(12-19)14-5-6-15(18)13(2)11-14/h5-6,11,16H,4,7-10,12,19H2,1-3H3. The molecule has 1 aliphatic rings. The van der Waals surface area contributed by atoms with Crippen LogP contribution in [0.25, 0.3) is 0 Å². The Morgan fingerprint density at radius 3 is 2.50 bits per heavy atom. The monoisotopic (exact) mass is 338 g/mol. The first-order valence-corrected chi connectivity index (χ1v) is 8.48. The maximum atomic E-state index is 6.07. The molecule has 0 aliphatic carbocycles. The van der Waals surface area contributed by atoms with E-state index in [1.807, 2.05) is 0 Å². The molecule has 0 saturated carbocycles. The summed E-state index contributed by atoms with van der Waals surface area (Å²) in [6.07, 6.45) is 3.86. The van der Waals surface area contributed by atoms with Gasteiger partial charge in [-0.15, -0.1) is 0 Å². The molecule has 0 amide bonds. The lowest BCUT2D eigenvalue weighted by molar-refractivity contribution is 0.0829. The van der Waals surface area contributed by atoms with Crippen molar-refractivity contribution >= 4 is 15.9 Å². The first kappa shape index (κ1) is 16.0. The number of benzene rings is 1. The summed E-state index contributed by atoms with van der Waals surface area (Å²) in [6, 6.07) is 6.99. The van der Waals surface area contributed by atoms with Crippen LogP contribution in [-0.2, 0) is 0 Å². The van der Waals surface area contributed by atoms with E-state index >= 15 is 0 Å². The molecule has 1 aromatic rings. The van der Waals surface area contributed by atoms with Crippen molar-refractivity contribution in [3.05, 3.63) is 33.8 Å². The van der Waals surface area contributed by atoms with Gasteiger partial charge < -0.3 is 5.73 Å². The van der Waals surface area contributed by atoms with Crippen LogP contribution in [0, 0.1) is 12.3 Å². The Morgan fingerprint density at radius 2 is 2.00 bits per heavy atom. The van der Waals surface area contributed by atoms with Crippen LogP contribution >= 0.6 is 15.9 Å². The Labute approximate surface area is 131 Å². The van der Waals surface area contributed by atoms with Gasteiger partial charge in [0.05, 0.1) is 0 Å². The van der Waals surface area contributed by atoms with Crippen LogP contribution in [0.4, 0.5) is 0 Å². The zero-order valence-corrected chi connectivity index (χ0v) is 14.5. The average molecular weight is 339 g/mol. The van der Waals surface area contributed by atoms with Crippen LogP contribution < -0.4 is 5.73 Å². The van der Waals surface area contributed by atoms with E-state index in [-0.39, 0.29) is 0 Å². The average Bonchev–Trinajstić information content (AvgIpc) is 2.46. The Balaban J connectivity index is 2.11. The fourth-order valence-corrected chi connectivity index (χ4v) is 3.35. The summed E-state index contributed by atoms with van der Waals surface area (Å²) in [7, 11) is 0. The van der Waals surface area contributed by atoms with E-state index < -0.39 is 0 Å². The molecule has 1 unspecified atom stereocenters. The molecule has 1 fully saturated rings. The lowest BCUT2D eigenvalue weighted by Crippen LogP contribution is -2.42. The molecule has 0 radical (unpaired) electrons. The second kappa shape index (κ2) is 6.59. The van der Waals surface area contributed by atoms with Gasteiger partial charge in [0.1, 0.15) is 0 Å². The Bertz CT molecular complexity index is 450. The number of nitrogens with two attached hydrogens (primary N) is 1. The summed E-state index contributed by atoms with van der Waals surface area (Å²) in [5, 5.41) is 0. The third kappa shape index (κ3) is 3.44. The lowest BCUT2D eigenvalue weighted by Gasteiger charge is -2.42. The minimum absolute atomic E-state index is 0.364. The Kier molecular flexibility index (Phi) is 5.27. The van der Waals surface area contributed by atoms with E-state index in [9.17, 15) is 0 Å². The van der Waals surface area contributed by atoms with Crippen LogP contribution in [0.3, 0.4) is 0 Å². The van der Waals surface area contributed by atoms with E-state index in [4.69, 9.17) is 5.73 Å². The molecule has 2 N–H and O–H groups in total. The SMILES string of the molecule is CCC1(C)CCN(C(CN)c2ccc(Br)c(C)c2)CC1. The van der Waals surface area contributed by atoms with Gasteiger partial charge in [-0.1, -0.05) is 48.3 Å². The number of likely N-dealkylation sites (tertiary alicyclic amines) is 1. The number of hydrogen-bond acceptors (Lipinski definition) is 2. The summed E-state index contributed by atoms with van der Waals surface area (Å²) in [5.74, 6) is 0. The minimum Gasteiger partial charge on any atom is -0.329 e. The summed E-state index contributed by atoms with van der Waals surface area (Å²) < 4.78 is 1.18. The summed E-state index contributed by atoms with van der Waals surface area (Å²) >= 11 is 3.58. The molecule has 112 valence electrons. The normalized spacial score (nSPS) is 20.9. The Hall–Kier alpha value is -0.380. The van der Waals surface area contributed by atoms with Crippen molar-refractivity contribution in [1.29, 1.82) is 0 Å². The van der Waals surface area contributed by atoms with Gasteiger partial charge in [-0.05, 0) is 55.5 Å². The summed E-state index contributed by atoms with van der Waals surface area (Å²) in [6.45, 7) is 9.91. The van der Waals surface area contributed by atoms with Gasteiger partial charge in [-0.3, -0.25) is 4.90 Å². The minimum atomic E-state index is 0.364. The molecular weight excluding hydrogens is 312 g/mol. The predicted molar refractivity (Wildman–Crippen MR) is 89.9 cm³/mol. The molecule has 20 heavy (non-hydrogen) atoms. The van der Waals surface area contributed by atoms with Crippen molar-refractivity contribution in [1.82, 2.24) is 4.90 Å². The highest BCUT2D eigenvalue weighted by molar-refractivity contribution is 9.10. The highest BCUT2D eigenvalue weighted by atomic mass is 79.9. The summed E-state index contributed by atoms with van der Waals surface area (Å²) in [5.41, 5.74) is 9.25. The molecule has 2 nitrogen and oxygen atoms in total. The second-order valence-electron chi connectivity index (χ2n) is 6.46. The molecule has 1 heterocycles. The number of halogens is 1. The number of piperidine rings is 1. The largest absolute Gasteiger partial charge is 0.329 e. The van der Waals surface area contributed by atoms with Gasteiger partial charge in [0.2, 0.25) is 0 Å². The molecule has 1 atom stereocenters. The van der Waals surface area contributed by atoms with Crippen molar-refractivity contribution in [2.45, 2.75) is 46.1 Å². The number of nitrogens with zero attached hydrogens (tertiary/aromatic N) is 1. The number of hydrogen-bond donors (Lipinski definition) is 1. The van der Waals surface area contributed by atoms with Crippen molar-refractivity contribution in [3.8, 4) is 0 Å². The third-order valence-corrected chi connectivity index (χ3v) is 5.98. The van der Waals surface area contributed by atoms with E-state index in [0.29, 0.717) is 18.0 Å². The van der Waals surface area contributed by atoms with Crippen LogP contribution in [0.15, 0.2) is 22.7 Å². The zero-order valence-electron chi connectivity index (χ0n) is 13.0. The number of rotatable bonds is 4. The predicted octanol–water partition coefficient (Wildman–Crippen LogP) is 4.27. The fourth-order valence-electron chi connectivity index (χ4n) is 3.10. The maximum absolute atomic E-state index is 6.07. The second-order valence-corrected chi connectivity index (χ2v) is 7.31. The number of aryl methyl sites for hydroxylation is 1. The van der Waals surface area contributed by atoms with Gasteiger partial charge in [-0.2, -0.15) is 0 Å². The van der Waals surface area contributed by atoms with Crippen LogP contribution in [-0.4, -0.2) is 24.5 Å². The molecule has 1 aromatic carbocycles. The van der Waals surface area contributed by atoms with Crippen LogP contribution in [0.2, 0.25) is 0 Å². The van der Waals surface area contributed by atoms with Gasteiger partial charge in [0.25, 0.3) is 0 Å². The molecule has 0 bridgehead atoms. The van der Waals surface area contributed by atoms with E-state index in [1.165, 1.54) is 48.0 Å². The first-order valence-electron chi connectivity index (χ1n) is 7.69. The van der Waals surface area contributed by atoms with E-state index in [2.05, 4.69) is 59.8 Å². The van der Waals surface area contributed by atoms with E-state index in [0.717, 1.165) is 0 Å². The van der Waals surface area contributed by atoms with Crippen LogP contribution in [0.5, 0.6) is 0 Å². The van der Waals surface area contributed by atoms with Crippen molar-refractivity contribution in [3.63, 3.8) is 0 Å². The third-order valence-electron chi connectivity index (χ3n) is 5.09. The highest BCUT2D eigenvalue weighted by Crippen LogP contribution is 2.37. The van der Waals surface area contributed by atoms with Crippen molar-refractivity contribution in [2.75, 3.05) is 19.6 Å². The Morgan fingerprint density at radius 1 is 1.35 bits per heavy atom. The van der Waals surface area contributed by atoms with Gasteiger partial charge >= 0.3 is 0 Å². The van der Waals surface area contributed by atoms with Gasteiger partial charge in [-0.25, -0.2) is 0 Å². The molecule has 0 spiro atoms. The first-order chi connectivity index (χ1) is 9.49. The molecule has 1 saturated heterocycles. The maximum Gasteiger partial charge on any atom is 0.0470 e. The van der Waals surface area contributed by atoms with Crippen molar-refractivity contribution < 1.29 is 0 Å². The van der Waals surface area contributed by atoms with Gasteiger partial charge in [0, 0.05) is 17.1 Å². The van der Waals surface area contributed by atoms with Crippen LogP contribution in [0.1, 0.15) is 50.3 Å². The van der Waals surface area contributed by atoms with Crippen molar-refractivity contribution in [2.24, 2.45) is 11.1 Å².